The first-order valence-electron chi connectivity index (χ1n) is 10.8. The number of nitrogens with zero attached hydrogens (tertiary/aromatic N) is 5. The summed E-state index contributed by atoms with van der Waals surface area (Å²) in [6.07, 6.45) is 6.80. The molecule has 2 aromatic heterocycles. The van der Waals surface area contributed by atoms with Crippen LogP contribution in [0.1, 0.15) is 62.0 Å². The third kappa shape index (κ3) is 2.87. The van der Waals surface area contributed by atoms with Crippen LogP contribution >= 0.6 is 0 Å². The molecule has 1 N–H and O–H groups in total. The van der Waals surface area contributed by atoms with Crippen LogP contribution in [0, 0.1) is 0 Å². The lowest BCUT2D eigenvalue weighted by Gasteiger charge is -2.27. The van der Waals surface area contributed by atoms with Gasteiger partial charge in [-0.15, -0.1) is 5.10 Å². The van der Waals surface area contributed by atoms with E-state index in [0.717, 1.165) is 55.5 Å². The van der Waals surface area contributed by atoms with Gasteiger partial charge in [-0.25, -0.2) is 4.68 Å². The second kappa shape index (κ2) is 7.09. The van der Waals surface area contributed by atoms with E-state index >= 15 is 0 Å². The Labute approximate surface area is 173 Å². The summed E-state index contributed by atoms with van der Waals surface area (Å²) >= 11 is 0. The van der Waals surface area contributed by atoms with Crippen molar-refractivity contribution in [2.45, 2.75) is 50.6 Å². The maximum absolute atomic E-state index is 13.2. The van der Waals surface area contributed by atoms with Crippen molar-refractivity contribution >= 4 is 10.9 Å². The van der Waals surface area contributed by atoms with E-state index in [1.54, 1.807) is 0 Å². The minimum atomic E-state index is -0.262. The number of benzene rings is 1. The number of rotatable bonds is 4. The molecule has 0 bridgehead atoms. The molecule has 0 spiro atoms. The van der Waals surface area contributed by atoms with E-state index in [1.165, 1.54) is 12.8 Å². The molecule has 4 heterocycles. The summed E-state index contributed by atoms with van der Waals surface area (Å²) in [5.74, 6) is 2.13. The molecule has 2 fully saturated rings. The van der Waals surface area contributed by atoms with Gasteiger partial charge in [0, 0.05) is 17.0 Å². The van der Waals surface area contributed by atoms with E-state index in [4.69, 9.17) is 9.47 Å². The molecule has 9 nitrogen and oxygen atoms in total. The quantitative estimate of drug-likeness (QED) is 0.708. The van der Waals surface area contributed by atoms with Crippen molar-refractivity contribution < 1.29 is 9.47 Å². The van der Waals surface area contributed by atoms with Crippen LogP contribution in [0.25, 0.3) is 10.9 Å². The Balaban J connectivity index is 1.50. The Morgan fingerprint density at radius 3 is 2.60 bits per heavy atom. The van der Waals surface area contributed by atoms with Crippen molar-refractivity contribution in [1.29, 1.82) is 0 Å². The Bertz CT molecular complexity index is 1140. The lowest BCUT2D eigenvalue weighted by Crippen LogP contribution is -2.33. The van der Waals surface area contributed by atoms with E-state index in [0.29, 0.717) is 23.1 Å². The average molecular weight is 408 g/mol. The fourth-order valence-electron chi connectivity index (χ4n) is 5.10. The summed E-state index contributed by atoms with van der Waals surface area (Å²) in [5, 5.41) is 13.7. The van der Waals surface area contributed by atoms with Crippen LogP contribution in [0.15, 0.2) is 23.0 Å². The molecular formula is C21H24N6O3. The van der Waals surface area contributed by atoms with E-state index < -0.39 is 0 Å². The number of pyridine rings is 1. The Morgan fingerprint density at radius 1 is 1.03 bits per heavy atom. The predicted octanol–water partition coefficient (Wildman–Crippen LogP) is 2.54. The fraction of sp³-hybridized carbons (Fsp3) is 0.524. The summed E-state index contributed by atoms with van der Waals surface area (Å²) in [6, 6.07) is 5.77. The van der Waals surface area contributed by atoms with E-state index in [2.05, 4.69) is 25.4 Å². The van der Waals surface area contributed by atoms with Crippen LogP contribution < -0.4 is 15.0 Å². The lowest BCUT2D eigenvalue weighted by atomic mass is 10.0. The summed E-state index contributed by atoms with van der Waals surface area (Å²) in [6.45, 7) is 2.07. The molecule has 2 aliphatic heterocycles. The van der Waals surface area contributed by atoms with Crippen molar-refractivity contribution in [2.24, 2.45) is 0 Å². The van der Waals surface area contributed by atoms with Gasteiger partial charge < -0.3 is 14.5 Å². The normalized spacial score (nSPS) is 20.4. The van der Waals surface area contributed by atoms with Gasteiger partial charge in [-0.1, -0.05) is 12.8 Å². The molecule has 3 aliphatic rings. The van der Waals surface area contributed by atoms with Gasteiger partial charge in [-0.2, -0.15) is 0 Å². The molecule has 1 aliphatic carbocycles. The van der Waals surface area contributed by atoms with Gasteiger partial charge in [-0.05, 0) is 61.3 Å². The molecule has 156 valence electrons. The van der Waals surface area contributed by atoms with Crippen molar-refractivity contribution in [1.82, 2.24) is 30.1 Å². The molecule has 1 saturated carbocycles. The first-order chi connectivity index (χ1) is 14.8. The molecule has 0 amide bonds. The highest BCUT2D eigenvalue weighted by Gasteiger charge is 2.34. The monoisotopic (exact) mass is 408 g/mol. The maximum Gasteiger partial charge on any atom is 0.253 e. The van der Waals surface area contributed by atoms with E-state index in [1.807, 2.05) is 22.9 Å². The topological polar surface area (TPSA) is 98.2 Å². The third-order valence-electron chi connectivity index (χ3n) is 6.60. The van der Waals surface area contributed by atoms with Crippen LogP contribution in [0.3, 0.4) is 0 Å². The summed E-state index contributed by atoms with van der Waals surface area (Å²) in [5.41, 5.74) is 1.31. The SMILES string of the molecule is O=c1[nH]c2cc3c(cc2cc1C(c1nnnn1C1CCCC1)N1CCCC1)OCO3. The first kappa shape index (κ1) is 17.9. The van der Waals surface area contributed by atoms with Crippen molar-refractivity contribution in [3.8, 4) is 11.5 Å². The largest absolute Gasteiger partial charge is 0.454 e. The number of likely N-dealkylation sites (tertiary alicyclic amines) is 1. The number of H-pyrrole nitrogens is 1. The number of aromatic nitrogens is 5. The number of aromatic amines is 1. The Morgan fingerprint density at radius 2 is 1.80 bits per heavy atom. The van der Waals surface area contributed by atoms with Crippen LogP contribution in [0.4, 0.5) is 0 Å². The standard InChI is InChI=1S/C21H24N6O3/c28-21-15(9-13-10-17-18(30-12-29-17)11-16(13)22-21)19(26-7-3-4-8-26)20-23-24-25-27(20)14-5-1-2-6-14/h9-11,14,19H,1-8,12H2,(H,22,28). The first-order valence-corrected chi connectivity index (χ1v) is 10.8. The highest BCUT2D eigenvalue weighted by atomic mass is 16.7. The van der Waals surface area contributed by atoms with Crippen LogP contribution in [-0.4, -0.2) is 50.0 Å². The third-order valence-corrected chi connectivity index (χ3v) is 6.60. The minimum absolute atomic E-state index is 0.112. The fourth-order valence-corrected chi connectivity index (χ4v) is 5.10. The molecule has 0 radical (unpaired) electrons. The number of nitrogens with one attached hydrogen (secondary N) is 1. The summed E-state index contributed by atoms with van der Waals surface area (Å²) in [4.78, 5) is 18.6. The van der Waals surface area contributed by atoms with E-state index in [-0.39, 0.29) is 18.4 Å². The summed E-state index contributed by atoms with van der Waals surface area (Å²) in [7, 11) is 0. The maximum atomic E-state index is 13.2. The van der Waals surface area contributed by atoms with Crippen LogP contribution in [-0.2, 0) is 0 Å². The van der Waals surface area contributed by atoms with Gasteiger partial charge in [0.25, 0.3) is 5.56 Å². The lowest BCUT2D eigenvalue weighted by molar-refractivity contribution is 0.174. The molecule has 1 saturated heterocycles. The zero-order valence-corrected chi connectivity index (χ0v) is 16.7. The second-order valence-electron chi connectivity index (χ2n) is 8.41. The van der Waals surface area contributed by atoms with E-state index in [9.17, 15) is 4.79 Å². The van der Waals surface area contributed by atoms with Gasteiger partial charge >= 0.3 is 0 Å². The highest BCUT2D eigenvalue weighted by Crippen LogP contribution is 2.38. The zero-order valence-electron chi connectivity index (χ0n) is 16.7. The smallest absolute Gasteiger partial charge is 0.253 e. The van der Waals surface area contributed by atoms with Crippen LogP contribution in [0.5, 0.6) is 11.5 Å². The number of fused-ring (bicyclic) bond motifs is 2. The average Bonchev–Trinajstić information content (AvgIpc) is 3.54. The minimum Gasteiger partial charge on any atom is -0.454 e. The molecule has 1 aromatic carbocycles. The van der Waals surface area contributed by atoms with Gasteiger partial charge in [0.1, 0.15) is 6.04 Å². The Kier molecular flexibility index (Phi) is 4.22. The molecule has 1 unspecified atom stereocenters. The van der Waals surface area contributed by atoms with Gasteiger partial charge in [-0.3, -0.25) is 9.69 Å². The number of hydrogen-bond donors (Lipinski definition) is 1. The number of ether oxygens (including phenoxy) is 2. The second-order valence-corrected chi connectivity index (χ2v) is 8.41. The van der Waals surface area contributed by atoms with Gasteiger partial charge in [0.15, 0.2) is 17.3 Å². The highest BCUT2D eigenvalue weighted by molar-refractivity contribution is 5.83. The number of tetrazole rings is 1. The summed E-state index contributed by atoms with van der Waals surface area (Å²) < 4.78 is 13.0. The van der Waals surface area contributed by atoms with Gasteiger partial charge in [0.2, 0.25) is 6.79 Å². The molecular weight excluding hydrogens is 384 g/mol. The van der Waals surface area contributed by atoms with Crippen molar-refractivity contribution in [3.63, 3.8) is 0 Å². The molecule has 9 heteroatoms. The zero-order chi connectivity index (χ0) is 20.1. The van der Waals surface area contributed by atoms with Gasteiger partial charge in [0.05, 0.1) is 11.6 Å². The van der Waals surface area contributed by atoms with Crippen LogP contribution in [0.2, 0.25) is 0 Å². The predicted molar refractivity (Wildman–Crippen MR) is 109 cm³/mol. The molecule has 1 atom stereocenters. The van der Waals surface area contributed by atoms with Crippen molar-refractivity contribution in [2.75, 3.05) is 19.9 Å². The molecule has 3 aromatic rings. The number of hydrogen-bond acceptors (Lipinski definition) is 7. The molecule has 6 rings (SSSR count). The molecule has 30 heavy (non-hydrogen) atoms. The van der Waals surface area contributed by atoms with Crippen molar-refractivity contribution in [3.05, 3.63) is 39.9 Å². The Hall–Kier alpha value is -2.94.